The first-order valence-corrected chi connectivity index (χ1v) is 7.40. The van der Waals surface area contributed by atoms with Gasteiger partial charge in [0.1, 0.15) is 0 Å². The van der Waals surface area contributed by atoms with E-state index in [0.717, 1.165) is 25.0 Å². The van der Waals surface area contributed by atoms with Gasteiger partial charge in [-0.05, 0) is 45.1 Å². The summed E-state index contributed by atoms with van der Waals surface area (Å²) in [5.41, 5.74) is 0. The first-order valence-electron chi connectivity index (χ1n) is 7.40. The van der Waals surface area contributed by atoms with E-state index in [2.05, 4.69) is 23.7 Å². The fourth-order valence-electron chi connectivity index (χ4n) is 3.72. The van der Waals surface area contributed by atoms with Crippen molar-refractivity contribution < 1.29 is 0 Å². The van der Waals surface area contributed by atoms with Crippen LogP contribution in [-0.2, 0) is 0 Å². The van der Waals surface area contributed by atoms with E-state index in [-0.39, 0.29) is 0 Å². The molecule has 2 unspecified atom stereocenters. The molecule has 1 aliphatic carbocycles. The van der Waals surface area contributed by atoms with E-state index in [9.17, 15) is 0 Å². The molecular formula is C15H28N2. The summed E-state index contributed by atoms with van der Waals surface area (Å²) >= 11 is 0. The van der Waals surface area contributed by atoms with E-state index in [0.29, 0.717) is 6.04 Å². The second-order valence-corrected chi connectivity index (χ2v) is 5.79. The molecule has 2 aliphatic rings. The predicted octanol–water partition coefficient (Wildman–Crippen LogP) is 2.81. The van der Waals surface area contributed by atoms with E-state index in [1.807, 2.05) is 6.08 Å². The van der Waals surface area contributed by atoms with Crippen LogP contribution in [0.1, 0.15) is 45.4 Å². The number of nitrogens with zero attached hydrogens (tertiary/aromatic N) is 1. The normalized spacial score (nSPS) is 28.6. The lowest BCUT2D eigenvalue weighted by atomic mass is 9.95. The Morgan fingerprint density at radius 1 is 1.29 bits per heavy atom. The summed E-state index contributed by atoms with van der Waals surface area (Å²) < 4.78 is 0. The van der Waals surface area contributed by atoms with Crippen molar-refractivity contribution in [3.63, 3.8) is 0 Å². The molecular weight excluding hydrogens is 208 g/mol. The van der Waals surface area contributed by atoms with Crippen molar-refractivity contribution in [3.05, 3.63) is 12.7 Å². The van der Waals surface area contributed by atoms with Gasteiger partial charge in [0.25, 0.3) is 0 Å². The summed E-state index contributed by atoms with van der Waals surface area (Å²) in [5.74, 6) is 0.999. The molecule has 0 aromatic heterocycles. The van der Waals surface area contributed by atoms with Gasteiger partial charge in [0.05, 0.1) is 0 Å². The quantitative estimate of drug-likeness (QED) is 0.563. The molecule has 2 heteroatoms. The molecule has 1 heterocycles. The molecule has 0 aromatic rings. The van der Waals surface area contributed by atoms with Crippen LogP contribution in [0.4, 0.5) is 0 Å². The second-order valence-electron chi connectivity index (χ2n) is 5.79. The Morgan fingerprint density at radius 3 is 2.76 bits per heavy atom. The van der Waals surface area contributed by atoms with E-state index >= 15 is 0 Å². The molecule has 1 aliphatic heterocycles. The van der Waals surface area contributed by atoms with Crippen molar-refractivity contribution >= 4 is 0 Å². The molecule has 0 spiro atoms. The molecule has 2 nitrogen and oxygen atoms in total. The topological polar surface area (TPSA) is 15.3 Å². The predicted molar refractivity (Wildman–Crippen MR) is 74.2 cm³/mol. The van der Waals surface area contributed by atoms with E-state index in [4.69, 9.17) is 0 Å². The zero-order chi connectivity index (χ0) is 12.1. The second kappa shape index (κ2) is 6.55. The molecule has 0 radical (unpaired) electrons. The summed E-state index contributed by atoms with van der Waals surface area (Å²) in [4.78, 5) is 2.77. The van der Waals surface area contributed by atoms with E-state index in [1.54, 1.807) is 0 Å². The smallest absolute Gasteiger partial charge is 0.0195 e. The third kappa shape index (κ3) is 3.32. The molecule has 2 atom stereocenters. The largest absolute Gasteiger partial charge is 0.312 e. The van der Waals surface area contributed by atoms with Gasteiger partial charge in [-0.15, -0.1) is 6.58 Å². The Bertz CT molecular complexity index is 233. The van der Waals surface area contributed by atoms with Gasteiger partial charge in [-0.2, -0.15) is 0 Å². The number of hydrogen-bond acceptors (Lipinski definition) is 2. The lowest BCUT2D eigenvalue weighted by Crippen LogP contribution is -2.45. The minimum absolute atomic E-state index is 0.683. The minimum atomic E-state index is 0.683. The molecule has 1 saturated heterocycles. The Hall–Kier alpha value is -0.340. The highest BCUT2D eigenvalue weighted by molar-refractivity contribution is 4.90. The van der Waals surface area contributed by atoms with Gasteiger partial charge in [0.2, 0.25) is 0 Å². The Kier molecular flexibility index (Phi) is 5.05. The van der Waals surface area contributed by atoms with Crippen LogP contribution in [0, 0.1) is 5.92 Å². The number of rotatable bonds is 6. The summed E-state index contributed by atoms with van der Waals surface area (Å²) in [5, 5.41) is 3.46. The molecule has 0 aromatic carbocycles. The minimum Gasteiger partial charge on any atom is -0.312 e. The number of nitrogens with one attached hydrogen (secondary N) is 1. The van der Waals surface area contributed by atoms with Crippen molar-refractivity contribution in [1.82, 2.24) is 10.2 Å². The van der Waals surface area contributed by atoms with Crippen LogP contribution in [-0.4, -0.2) is 36.6 Å². The van der Waals surface area contributed by atoms with Crippen LogP contribution in [0.25, 0.3) is 0 Å². The van der Waals surface area contributed by atoms with Crippen LogP contribution in [0.3, 0.4) is 0 Å². The van der Waals surface area contributed by atoms with Gasteiger partial charge in [-0.25, -0.2) is 0 Å². The Labute approximate surface area is 106 Å². The average molecular weight is 236 g/mol. The van der Waals surface area contributed by atoms with Gasteiger partial charge >= 0.3 is 0 Å². The number of likely N-dealkylation sites (tertiary alicyclic amines) is 1. The van der Waals surface area contributed by atoms with Crippen molar-refractivity contribution in [2.24, 2.45) is 5.92 Å². The maximum absolute atomic E-state index is 3.76. The zero-order valence-corrected chi connectivity index (χ0v) is 11.3. The van der Waals surface area contributed by atoms with Crippen molar-refractivity contribution in [2.45, 2.75) is 57.5 Å². The highest BCUT2D eigenvalue weighted by Crippen LogP contribution is 2.36. The van der Waals surface area contributed by atoms with Crippen LogP contribution in [0.15, 0.2) is 12.7 Å². The molecule has 1 saturated carbocycles. The lowest BCUT2D eigenvalue weighted by Gasteiger charge is -2.34. The van der Waals surface area contributed by atoms with Gasteiger partial charge in [0.15, 0.2) is 0 Å². The standard InChI is InChI=1S/C15H28N2/c1-3-10-16-12-13(2)17-11-6-9-15(17)14-7-4-5-8-14/h3,13-16H,1,4-12H2,2H3. The molecule has 2 rings (SSSR count). The molecule has 0 bridgehead atoms. The average Bonchev–Trinajstić information content (AvgIpc) is 2.99. The highest BCUT2D eigenvalue weighted by atomic mass is 15.2. The van der Waals surface area contributed by atoms with Gasteiger partial charge in [-0.3, -0.25) is 4.90 Å². The Morgan fingerprint density at radius 2 is 2.06 bits per heavy atom. The number of hydrogen-bond donors (Lipinski definition) is 1. The van der Waals surface area contributed by atoms with Crippen molar-refractivity contribution in [1.29, 1.82) is 0 Å². The van der Waals surface area contributed by atoms with Crippen molar-refractivity contribution in [2.75, 3.05) is 19.6 Å². The van der Waals surface area contributed by atoms with Crippen LogP contribution in [0.5, 0.6) is 0 Å². The summed E-state index contributed by atoms with van der Waals surface area (Å²) in [6.07, 6.45) is 10.7. The third-order valence-corrected chi connectivity index (χ3v) is 4.58. The monoisotopic (exact) mass is 236 g/mol. The Balaban J connectivity index is 1.82. The van der Waals surface area contributed by atoms with Gasteiger partial charge in [-0.1, -0.05) is 18.9 Å². The molecule has 1 N–H and O–H groups in total. The molecule has 17 heavy (non-hydrogen) atoms. The zero-order valence-electron chi connectivity index (χ0n) is 11.3. The molecule has 98 valence electrons. The maximum atomic E-state index is 3.76. The highest BCUT2D eigenvalue weighted by Gasteiger charge is 2.35. The van der Waals surface area contributed by atoms with Gasteiger partial charge < -0.3 is 5.32 Å². The van der Waals surface area contributed by atoms with Crippen LogP contribution >= 0.6 is 0 Å². The maximum Gasteiger partial charge on any atom is 0.0195 e. The fraction of sp³-hybridized carbons (Fsp3) is 0.867. The van der Waals surface area contributed by atoms with Crippen LogP contribution < -0.4 is 5.32 Å². The third-order valence-electron chi connectivity index (χ3n) is 4.58. The van der Waals surface area contributed by atoms with E-state index < -0.39 is 0 Å². The molecule has 2 fully saturated rings. The lowest BCUT2D eigenvalue weighted by molar-refractivity contribution is 0.142. The fourth-order valence-corrected chi connectivity index (χ4v) is 3.72. The summed E-state index contributed by atoms with van der Waals surface area (Å²) in [6.45, 7) is 9.50. The SMILES string of the molecule is C=CCNCC(C)N1CCCC1C1CCCC1. The van der Waals surface area contributed by atoms with E-state index in [1.165, 1.54) is 45.1 Å². The summed E-state index contributed by atoms with van der Waals surface area (Å²) in [6, 6.07) is 1.57. The summed E-state index contributed by atoms with van der Waals surface area (Å²) in [7, 11) is 0. The van der Waals surface area contributed by atoms with Crippen molar-refractivity contribution in [3.8, 4) is 0 Å². The van der Waals surface area contributed by atoms with Crippen LogP contribution in [0.2, 0.25) is 0 Å². The van der Waals surface area contributed by atoms with Gasteiger partial charge in [0, 0.05) is 25.2 Å². The molecule has 0 amide bonds. The first-order chi connectivity index (χ1) is 8.33. The first kappa shape index (κ1) is 13.1.